The van der Waals surface area contributed by atoms with Crippen molar-refractivity contribution in [1.82, 2.24) is 0 Å². The summed E-state index contributed by atoms with van der Waals surface area (Å²) >= 11 is 3.46. The van der Waals surface area contributed by atoms with Crippen LogP contribution in [0.2, 0.25) is 0 Å². The minimum absolute atomic E-state index is 0.00971. The number of esters is 1. The summed E-state index contributed by atoms with van der Waals surface area (Å²) in [7, 11) is 0. The normalized spacial score (nSPS) is 11.7. The van der Waals surface area contributed by atoms with Gasteiger partial charge in [-0.1, -0.05) is 94.5 Å². The zero-order chi connectivity index (χ0) is 17.4. The molecule has 23 heavy (non-hydrogen) atoms. The second-order valence-corrected chi connectivity index (χ2v) is 8.34. The highest BCUT2D eigenvalue weighted by atomic mass is 79.9. The Morgan fingerprint density at radius 3 is 2.04 bits per heavy atom. The number of hydrogen-bond acceptors (Lipinski definition) is 2. The molecule has 0 bridgehead atoms. The summed E-state index contributed by atoms with van der Waals surface area (Å²) < 4.78 is 5.48. The quantitative estimate of drug-likeness (QED) is 0.160. The van der Waals surface area contributed by atoms with E-state index in [0.717, 1.165) is 24.6 Å². The van der Waals surface area contributed by atoms with Crippen LogP contribution in [0.3, 0.4) is 0 Å². The molecule has 0 radical (unpaired) electrons. The molecule has 0 aliphatic carbocycles. The molecule has 0 unspecified atom stereocenters. The zero-order valence-electron chi connectivity index (χ0n) is 15.8. The highest BCUT2D eigenvalue weighted by Gasteiger charge is 2.19. The third-order valence-corrected chi connectivity index (χ3v) is 4.91. The Bertz CT molecular complexity index is 277. The van der Waals surface area contributed by atoms with Gasteiger partial charge in [-0.25, -0.2) is 0 Å². The number of rotatable bonds is 16. The second-order valence-electron chi connectivity index (χ2n) is 7.55. The van der Waals surface area contributed by atoms with E-state index in [2.05, 4.69) is 36.7 Å². The lowest BCUT2D eigenvalue weighted by molar-refractivity contribution is -0.147. The van der Waals surface area contributed by atoms with Crippen LogP contribution in [0.1, 0.15) is 104 Å². The molecule has 0 N–H and O–H groups in total. The van der Waals surface area contributed by atoms with Gasteiger partial charge in [-0.15, -0.1) is 0 Å². The van der Waals surface area contributed by atoms with Gasteiger partial charge in [-0.2, -0.15) is 0 Å². The molecule has 0 amide bonds. The summed E-state index contributed by atoms with van der Waals surface area (Å²) in [5.41, 5.74) is 0.112. The summed E-state index contributed by atoms with van der Waals surface area (Å²) in [5, 5.41) is 1.08. The second kappa shape index (κ2) is 15.5. The molecule has 0 rings (SSSR count). The third kappa shape index (κ3) is 16.6. The Morgan fingerprint density at radius 2 is 1.43 bits per heavy atom. The molecule has 0 aromatic rings. The van der Waals surface area contributed by atoms with Crippen LogP contribution in [-0.4, -0.2) is 17.9 Å². The summed E-state index contributed by atoms with van der Waals surface area (Å²) in [6, 6.07) is 0. The van der Waals surface area contributed by atoms with E-state index >= 15 is 0 Å². The summed E-state index contributed by atoms with van der Waals surface area (Å²) in [6.07, 6.45) is 15.5. The van der Waals surface area contributed by atoms with E-state index in [4.69, 9.17) is 4.74 Å². The topological polar surface area (TPSA) is 26.3 Å². The Kier molecular flexibility index (Phi) is 15.4. The van der Waals surface area contributed by atoms with Crippen LogP contribution in [0.4, 0.5) is 0 Å². The number of carbonyl (C=O) groups is 1. The largest absolute Gasteiger partial charge is 0.465 e. The first-order valence-corrected chi connectivity index (χ1v) is 10.9. The van der Waals surface area contributed by atoms with Gasteiger partial charge in [0.2, 0.25) is 0 Å². The third-order valence-electron chi connectivity index (χ3n) is 4.35. The first-order chi connectivity index (χ1) is 11.0. The highest BCUT2D eigenvalue weighted by Crippen LogP contribution is 2.24. The van der Waals surface area contributed by atoms with Crippen molar-refractivity contribution in [2.45, 2.75) is 104 Å². The Hall–Kier alpha value is -0.0500. The zero-order valence-corrected chi connectivity index (χ0v) is 17.4. The van der Waals surface area contributed by atoms with Crippen LogP contribution in [0.15, 0.2) is 0 Å². The van der Waals surface area contributed by atoms with E-state index in [0.29, 0.717) is 13.0 Å². The molecular weight excluding hydrogens is 352 g/mol. The van der Waals surface area contributed by atoms with Crippen LogP contribution < -0.4 is 0 Å². The number of alkyl halides is 1. The van der Waals surface area contributed by atoms with E-state index in [-0.39, 0.29) is 11.4 Å². The van der Waals surface area contributed by atoms with Crippen molar-refractivity contribution in [3.8, 4) is 0 Å². The van der Waals surface area contributed by atoms with Crippen molar-refractivity contribution >= 4 is 21.9 Å². The lowest BCUT2D eigenvalue weighted by Crippen LogP contribution is -2.21. The van der Waals surface area contributed by atoms with Gasteiger partial charge >= 0.3 is 5.97 Å². The standard InChI is InChI=1S/C20H39BrO2/c1-4-5-6-7-8-9-10-12-15-19(22)23-18-20(2,3)16-13-11-14-17-21/h4-18H2,1-3H3. The van der Waals surface area contributed by atoms with E-state index in [9.17, 15) is 4.79 Å². The number of unbranched alkanes of at least 4 members (excludes halogenated alkanes) is 9. The van der Waals surface area contributed by atoms with Gasteiger partial charge < -0.3 is 4.74 Å². The fourth-order valence-corrected chi connectivity index (χ4v) is 3.09. The van der Waals surface area contributed by atoms with Crippen LogP contribution in [0.25, 0.3) is 0 Å². The summed E-state index contributed by atoms with van der Waals surface area (Å²) in [4.78, 5) is 11.8. The molecule has 0 fully saturated rings. The minimum atomic E-state index is -0.00971. The summed E-state index contributed by atoms with van der Waals surface area (Å²) in [6.45, 7) is 7.21. The molecule has 0 aromatic carbocycles. The first kappa shape index (κ1) is 22.9. The van der Waals surface area contributed by atoms with Crippen molar-refractivity contribution in [1.29, 1.82) is 0 Å². The maximum atomic E-state index is 11.8. The SMILES string of the molecule is CCCCCCCCCCC(=O)OCC(C)(C)CCCCCBr. The first-order valence-electron chi connectivity index (χ1n) is 9.73. The fourth-order valence-electron chi connectivity index (χ4n) is 2.70. The molecular formula is C20H39BrO2. The van der Waals surface area contributed by atoms with E-state index in [1.54, 1.807) is 0 Å². The molecule has 0 aromatic heterocycles. The van der Waals surface area contributed by atoms with Crippen LogP contribution in [-0.2, 0) is 9.53 Å². The highest BCUT2D eigenvalue weighted by molar-refractivity contribution is 9.09. The van der Waals surface area contributed by atoms with Crippen LogP contribution in [0.5, 0.6) is 0 Å². The fraction of sp³-hybridized carbons (Fsp3) is 0.950. The lowest BCUT2D eigenvalue weighted by Gasteiger charge is -2.24. The van der Waals surface area contributed by atoms with Gasteiger partial charge in [-0.3, -0.25) is 4.79 Å². The smallest absolute Gasteiger partial charge is 0.305 e. The number of halogens is 1. The number of ether oxygens (including phenoxy) is 1. The maximum Gasteiger partial charge on any atom is 0.305 e. The van der Waals surface area contributed by atoms with Gasteiger partial charge in [0.25, 0.3) is 0 Å². The monoisotopic (exact) mass is 390 g/mol. The molecule has 0 saturated carbocycles. The van der Waals surface area contributed by atoms with Gasteiger partial charge in [-0.05, 0) is 24.7 Å². The molecule has 0 spiro atoms. The van der Waals surface area contributed by atoms with Gasteiger partial charge in [0.05, 0.1) is 6.61 Å². The van der Waals surface area contributed by atoms with Crippen molar-refractivity contribution in [2.24, 2.45) is 5.41 Å². The Balaban J connectivity index is 3.51. The molecule has 0 saturated heterocycles. The van der Waals surface area contributed by atoms with E-state index < -0.39 is 0 Å². The Labute approximate surface area is 153 Å². The Morgan fingerprint density at radius 1 is 0.870 bits per heavy atom. The van der Waals surface area contributed by atoms with Gasteiger partial charge in [0, 0.05) is 11.8 Å². The van der Waals surface area contributed by atoms with Crippen LogP contribution in [0, 0.1) is 5.41 Å². The van der Waals surface area contributed by atoms with Gasteiger partial charge in [0.1, 0.15) is 0 Å². The predicted molar refractivity (Wildman–Crippen MR) is 104 cm³/mol. The molecule has 0 aliphatic rings. The van der Waals surface area contributed by atoms with Crippen molar-refractivity contribution < 1.29 is 9.53 Å². The predicted octanol–water partition coefficient (Wildman–Crippen LogP) is 7.04. The molecule has 2 nitrogen and oxygen atoms in total. The lowest BCUT2D eigenvalue weighted by atomic mass is 9.88. The van der Waals surface area contributed by atoms with Crippen molar-refractivity contribution in [3.05, 3.63) is 0 Å². The summed E-state index contributed by atoms with van der Waals surface area (Å²) in [5.74, 6) is -0.00971. The average Bonchev–Trinajstić information content (AvgIpc) is 2.52. The van der Waals surface area contributed by atoms with E-state index in [1.165, 1.54) is 57.8 Å². The molecule has 3 heteroatoms. The van der Waals surface area contributed by atoms with Gasteiger partial charge in [0.15, 0.2) is 0 Å². The number of hydrogen-bond donors (Lipinski definition) is 0. The minimum Gasteiger partial charge on any atom is -0.465 e. The number of carbonyl (C=O) groups excluding carboxylic acids is 1. The molecule has 138 valence electrons. The molecule has 0 aliphatic heterocycles. The van der Waals surface area contributed by atoms with Crippen molar-refractivity contribution in [2.75, 3.05) is 11.9 Å². The molecule has 0 atom stereocenters. The van der Waals surface area contributed by atoms with Crippen LogP contribution >= 0.6 is 15.9 Å². The van der Waals surface area contributed by atoms with Crippen molar-refractivity contribution in [3.63, 3.8) is 0 Å². The average molecular weight is 391 g/mol. The maximum absolute atomic E-state index is 11.8. The molecule has 0 heterocycles. The van der Waals surface area contributed by atoms with E-state index in [1.807, 2.05) is 0 Å².